The van der Waals surface area contributed by atoms with Gasteiger partial charge in [0.2, 0.25) is 5.91 Å². The fourth-order valence-corrected chi connectivity index (χ4v) is 4.13. The molecule has 1 fully saturated rings. The smallest absolute Gasteiger partial charge is 0.228 e. The number of rotatable bonds is 2. The van der Waals surface area contributed by atoms with E-state index in [1.165, 1.54) is 11.1 Å². The van der Waals surface area contributed by atoms with Crippen LogP contribution in [0.1, 0.15) is 49.7 Å². The van der Waals surface area contributed by atoms with Crippen molar-refractivity contribution >= 4 is 11.6 Å². The molecule has 0 radical (unpaired) electrons. The molecule has 2 nitrogen and oxygen atoms in total. The summed E-state index contributed by atoms with van der Waals surface area (Å²) in [5.41, 5.74) is 3.34. The fraction of sp³-hybridized carbons (Fsp3) is 0.500. The summed E-state index contributed by atoms with van der Waals surface area (Å²) in [6.45, 7) is 4.15. The lowest BCUT2D eigenvalue weighted by Crippen LogP contribution is -2.16. The van der Waals surface area contributed by atoms with Crippen LogP contribution in [0.5, 0.6) is 0 Å². The molecule has 1 saturated carbocycles. The Labute approximate surface area is 146 Å². The molecule has 0 heterocycles. The molecule has 0 bridgehead atoms. The minimum Gasteiger partial charge on any atom is -0.326 e. The number of benzene rings is 1. The molecule has 1 unspecified atom stereocenters. The molecule has 2 aliphatic carbocycles. The zero-order valence-corrected chi connectivity index (χ0v) is 14.9. The zero-order chi connectivity index (χ0) is 16.9. The van der Waals surface area contributed by atoms with Crippen LogP contribution < -0.4 is 5.32 Å². The molecular weight excluding hydrogens is 294 g/mol. The van der Waals surface area contributed by atoms with Gasteiger partial charge < -0.3 is 5.32 Å². The van der Waals surface area contributed by atoms with Gasteiger partial charge in [-0.2, -0.15) is 0 Å². The Balaban J connectivity index is 1.64. The lowest BCUT2D eigenvalue weighted by Gasteiger charge is -2.07. The first-order chi connectivity index (χ1) is 11.6. The highest BCUT2D eigenvalue weighted by Crippen LogP contribution is 2.52. The molecular formula is C22H29NO. The molecule has 1 aromatic rings. The number of carbonyl (C=O) groups excluding carboxylic acids is 1. The van der Waals surface area contributed by atoms with Crippen LogP contribution in [-0.4, -0.2) is 5.91 Å². The van der Waals surface area contributed by atoms with Crippen molar-refractivity contribution in [1.82, 2.24) is 0 Å². The van der Waals surface area contributed by atoms with Gasteiger partial charge in [-0.1, -0.05) is 30.4 Å². The van der Waals surface area contributed by atoms with E-state index in [0.29, 0.717) is 11.8 Å². The van der Waals surface area contributed by atoms with Crippen LogP contribution in [0.25, 0.3) is 0 Å². The van der Waals surface area contributed by atoms with Crippen LogP contribution in [0.4, 0.5) is 5.69 Å². The maximum atomic E-state index is 12.7. The third-order valence-electron chi connectivity index (χ3n) is 5.29. The number of nitrogens with one attached hydrogen (secondary N) is 1. The Kier molecular flexibility index (Phi) is 5.55. The number of hydrogen-bond acceptors (Lipinski definition) is 1. The highest BCUT2D eigenvalue weighted by molar-refractivity contribution is 5.95. The second-order valence-electron chi connectivity index (χ2n) is 7.39. The zero-order valence-electron chi connectivity index (χ0n) is 14.9. The van der Waals surface area contributed by atoms with E-state index < -0.39 is 0 Å². The molecule has 1 N–H and O–H groups in total. The quantitative estimate of drug-likeness (QED) is 0.708. The van der Waals surface area contributed by atoms with Crippen molar-refractivity contribution in [3.8, 4) is 0 Å². The van der Waals surface area contributed by atoms with Crippen LogP contribution >= 0.6 is 0 Å². The summed E-state index contributed by atoms with van der Waals surface area (Å²) in [5.74, 6) is 1.55. The number of carbonyl (C=O) groups is 1. The minimum absolute atomic E-state index is 0.202. The molecule has 0 aromatic heterocycles. The molecule has 0 spiro atoms. The van der Waals surface area contributed by atoms with E-state index in [4.69, 9.17) is 0 Å². The number of allylic oxidation sites excluding steroid dienone is 4. The highest BCUT2D eigenvalue weighted by atomic mass is 16.2. The van der Waals surface area contributed by atoms with Gasteiger partial charge in [0.05, 0.1) is 0 Å². The number of aryl methyl sites for hydroxylation is 2. The lowest BCUT2D eigenvalue weighted by atomic mass is 10.1. The molecule has 3 atom stereocenters. The Hall–Kier alpha value is -1.83. The first kappa shape index (κ1) is 17.0. The summed E-state index contributed by atoms with van der Waals surface area (Å²) in [6.07, 6.45) is 16.0. The maximum absolute atomic E-state index is 12.7. The van der Waals surface area contributed by atoms with E-state index in [2.05, 4.69) is 61.7 Å². The molecule has 24 heavy (non-hydrogen) atoms. The molecule has 0 aliphatic heterocycles. The fourth-order valence-electron chi connectivity index (χ4n) is 4.13. The molecule has 128 valence electrons. The van der Waals surface area contributed by atoms with Crippen molar-refractivity contribution in [3.63, 3.8) is 0 Å². The van der Waals surface area contributed by atoms with Gasteiger partial charge >= 0.3 is 0 Å². The molecule has 0 saturated heterocycles. The van der Waals surface area contributed by atoms with Crippen molar-refractivity contribution in [1.29, 1.82) is 0 Å². The normalized spacial score (nSPS) is 29.5. The number of hydrogen-bond donors (Lipinski definition) is 1. The average Bonchev–Trinajstić information content (AvgIpc) is 3.18. The third-order valence-corrected chi connectivity index (χ3v) is 5.29. The molecule has 1 amide bonds. The van der Waals surface area contributed by atoms with Gasteiger partial charge in [0.15, 0.2) is 0 Å². The van der Waals surface area contributed by atoms with Crippen LogP contribution in [0, 0.1) is 31.6 Å². The van der Waals surface area contributed by atoms with Crippen molar-refractivity contribution < 1.29 is 4.79 Å². The second-order valence-corrected chi connectivity index (χ2v) is 7.39. The van der Waals surface area contributed by atoms with Gasteiger partial charge in [-0.3, -0.25) is 4.79 Å². The summed E-state index contributed by atoms with van der Waals surface area (Å²) in [4.78, 5) is 12.7. The first-order valence-electron chi connectivity index (χ1n) is 9.34. The van der Waals surface area contributed by atoms with Crippen LogP contribution in [-0.2, 0) is 4.79 Å². The largest absolute Gasteiger partial charge is 0.326 e. The van der Waals surface area contributed by atoms with Crippen molar-refractivity contribution in [2.45, 2.75) is 52.4 Å². The molecule has 1 aromatic carbocycles. The summed E-state index contributed by atoms with van der Waals surface area (Å²) >= 11 is 0. The van der Waals surface area contributed by atoms with Crippen LogP contribution in [0.3, 0.4) is 0 Å². The van der Waals surface area contributed by atoms with Gasteiger partial charge in [0.1, 0.15) is 0 Å². The van der Waals surface area contributed by atoms with Gasteiger partial charge in [0.25, 0.3) is 0 Å². The van der Waals surface area contributed by atoms with Crippen molar-refractivity contribution in [2.75, 3.05) is 5.32 Å². The summed E-state index contributed by atoms with van der Waals surface area (Å²) in [5, 5.41) is 3.16. The number of anilines is 1. The van der Waals surface area contributed by atoms with E-state index in [9.17, 15) is 4.79 Å². The van der Waals surface area contributed by atoms with Crippen molar-refractivity contribution in [2.24, 2.45) is 17.8 Å². The summed E-state index contributed by atoms with van der Waals surface area (Å²) < 4.78 is 0. The Morgan fingerprint density at radius 1 is 0.833 bits per heavy atom. The van der Waals surface area contributed by atoms with Gasteiger partial charge in [-0.05, 0) is 87.5 Å². The first-order valence-corrected chi connectivity index (χ1v) is 9.34. The highest BCUT2D eigenvalue weighted by Gasteiger charge is 2.52. The predicted octanol–water partition coefficient (Wildman–Crippen LogP) is 5.57. The SMILES string of the molecule is Cc1cc(C)cc(NC(=O)C2[C@H]3CC/C=C\CC/C=C\CC[C@@H]23)c1. The Bertz CT molecular complexity index is 599. The molecule has 3 rings (SSSR count). The maximum Gasteiger partial charge on any atom is 0.228 e. The van der Waals surface area contributed by atoms with Gasteiger partial charge in [-0.25, -0.2) is 0 Å². The topological polar surface area (TPSA) is 29.1 Å². The van der Waals surface area contributed by atoms with E-state index in [1.54, 1.807) is 0 Å². The summed E-state index contributed by atoms with van der Waals surface area (Å²) in [6, 6.07) is 6.26. The van der Waals surface area contributed by atoms with Gasteiger partial charge in [0, 0.05) is 11.6 Å². The number of fused-ring (bicyclic) bond motifs is 1. The van der Waals surface area contributed by atoms with Crippen molar-refractivity contribution in [3.05, 3.63) is 53.6 Å². The lowest BCUT2D eigenvalue weighted by molar-refractivity contribution is -0.117. The van der Waals surface area contributed by atoms with E-state index in [1.807, 2.05) is 0 Å². The second kappa shape index (κ2) is 7.83. The van der Waals surface area contributed by atoms with E-state index >= 15 is 0 Å². The minimum atomic E-state index is 0.202. The molecule has 2 aliphatic rings. The van der Waals surface area contributed by atoms with E-state index in [0.717, 1.165) is 44.2 Å². The predicted molar refractivity (Wildman–Crippen MR) is 101 cm³/mol. The standard InChI is InChI=1S/C22H29NO/c1-16-13-17(2)15-18(14-16)23-22(24)21-19-11-9-7-5-3-4-6-8-10-12-20(19)21/h5-8,13-15,19-21H,3-4,9-12H2,1-2H3,(H,23,24)/b7-5-,8-6-/t19-,20+,21?. The van der Waals surface area contributed by atoms with Crippen LogP contribution in [0.15, 0.2) is 42.5 Å². The average molecular weight is 323 g/mol. The Morgan fingerprint density at radius 2 is 1.33 bits per heavy atom. The third kappa shape index (κ3) is 4.37. The van der Waals surface area contributed by atoms with E-state index in [-0.39, 0.29) is 11.8 Å². The summed E-state index contributed by atoms with van der Waals surface area (Å²) in [7, 11) is 0. The Morgan fingerprint density at radius 3 is 1.88 bits per heavy atom. The van der Waals surface area contributed by atoms with Gasteiger partial charge in [-0.15, -0.1) is 0 Å². The molecule has 2 heteroatoms. The van der Waals surface area contributed by atoms with Crippen LogP contribution in [0.2, 0.25) is 0 Å². The monoisotopic (exact) mass is 323 g/mol. The number of amides is 1.